The number of carbonyl (C=O) groups excluding carboxylic acids is 1. The molecular formula is C24H20N2OS. The van der Waals surface area contributed by atoms with E-state index in [4.69, 9.17) is 4.98 Å². The Labute approximate surface area is 168 Å². The molecule has 0 radical (unpaired) electrons. The Morgan fingerprint density at radius 2 is 1.39 bits per heavy atom. The molecule has 3 aromatic carbocycles. The topological polar surface area (TPSA) is 42.0 Å². The normalized spacial score (nSPS) is 10.6. The molecule has 0 saturated carbocycles. The van der Waals surface area contributed by atoms with Gasteiger partial charge in [0.25, 0.3) is 5.91 Å². The molecule has 0 bridgehead atoms. The fourth-order valence-corrected chi connectivity index (χ4v) is 3.93. The molecule has 1 aromatic heterocycles. The van der Waals surface area contributed by atoms with E-state index in [0.717, 1.165) is 27.3 Å². The lowest BCUT2D eigenvalue weighted by Gasteiger charge is -2.03. The van der Waals surface area contributed by atoms with Gasteiger partial charge in [0, 0.05) is 11.1 Å². The molecule has 0 saturated heterocycles. The zero-order valence-corrected chi connectivity index (χ0v) is 16.6. The Balaban J connectivity index is 1.71. The van der Waals surface area contributed by atoms with Gasteiger partial charge in [-0.05, 0) is 31.5 Å². The van der Waals surface area contributed by atoms with Crippen LogP contribution in [0.3, 0.4) is 0 Å². The standard InChI is InChI=1S/C24H20N2OS/c1-16-8-12-19(13-9-16)22-21(18-6-4-3-5-7-18)25-24(28-22)26-23(27)20-14-10-17(2)11-15-20/h3-15H,1-2H3,(H,25,26,27). The van der Waals surface area contributed by atoms with Crippen molar-refractivity contribution in [3.05, 3.63) is 95.6 Å². The summed E-state index contributed by atoms with van der Waals surface area (Å²) >= 11 is 1.50. The van der Waals surface area contributed by atoms with Crippen molar-refractivity contribution < 1.29 is 4.79 Å². The molecule has 0 fully saturated rings. The molecule has 0 aliphatic rings. The number of amides is 1. The van der Waals surface area contributed by atoms with E-state index in [-0.39, 0.29) is 5.91 Å². The van der Waals surface area contributed by atoms with Gasteiger partial charge in [0.1, 0.15) is 0 Å². The maximum absolute atomic E-state index is 12.6. The summed E-state index contributed by atoms with van der Waals surface area (Å²) in [5.41, 5.74) is 5.97. The summed E-state index contributed by atoms with van der Waals surface area (Å²) in [5.74, 6) is -0.149. The van der Waals surface area contributed by atoms with Crippen molar-refractivity contribution in [2.24, 2.45) is 0 Å². The van der Waals surface area contributed by atoms with E-state index in [1.807, 2.05) is 61.5 Å². The summed E-state index contributed by atoms with van der Waals surface area (Å²) in [5, 5.41) is 3.56. The third-order valence-corrected chi connectivity index (χ3v) is 5.54. The fraction of sp³-hybridized carbons (Fsp3) is 0.0833. The first kappa shape index (κ1) is 18.1. The Bertz CT molecular complexity index is 1100. The fourth-order valence-electron chi connectivity index (χ4n) is 2.94. The van der Waals surface area contributed by atoms with E-state index in [2.05, 4.69) is 36.5 Å². The van der Waals surface area contributed by atoms with E-state index < -0.39 is 0 Å². The quantitative estimate of drug-likeness (QED) is 0.446. The predicted molar refractivity (Wildman–Crippen MR) is 117 cm³/mol. The van der Waals surface area contributed by atoms with E-state index in [0.29, 0.717) is 10.7 Å². The van der Waals surface area contributed by atoms with Crippen LogP contribution in [0.4, 0.5) is 5.13 Å². The highest BCUT2D eigenvalue weighted by molar-refractivity contribution is 7.19. The molecule has 4 heteroatoms. The van der Waals surface area contributed by atoms with Crippen molar-refractivity contribution in [1.29, 1.82) is 0 Å². The summed E-state index contributed by atoms with van der Waals surface area (Å²) in [4.78, 5) is 18.4. The number of anilines is 1. The second kappa shape index (κ2) is 7.79. The lowest BCUT2D eigenvalue weighted by Crippen LogP contribution is -2.11. The highest BCUT2D eigenvalue weighted by atomic mass is 32.1. The minimum Gasteiger partial charge on any atom is -0.298 e. The van der Waals surface area contributed by atoms with Crippen LogP contribution in [0.2, 0.25) is 0 Å². The van der Waals surface area contributed by atoms with Crippen LogP contribution in [0, 0.1) is 13.8 Å². The molecule has 0 spiro atoms. The van der Waals surface area contributed by atoms with Gasteiger partial charge in [-0.1, -0.05) is 89.2 Å². The predicted octanol–water partition coefficient (Wildman–Crippen LogP) is 6.35. The molecule has 1 heterocycles. The van der Waals surface area contributed by atoms with Gasteiger partial charge in [-0.3, -0.25) is 10.1 Å². The number of hydrogen-bond donors (Lipinski definition) is 1. The first-order valence-corrected chi connectivity index (χ1v) is 9.93. The van der Waals surface area contributed by atoms with E-state index in [1.54, 1.807) is 0 Å². The van der Waals surface area contributed by atoms with Crippen LogP contribution in [-0.4, -0.2) is 10.9 Å². The number of carbonyl (C=O) groups is 1. The number of aryl methyl sites for hydroxylation is 2. The molecule has 0 atom stereocenters. The number of thiazole rings is 1. The van der Waals surface area contributed by atoms with Crippen LogP contribution in [0.5, 0.6) is 0 Å². The van der Waals surface area contributed by atoms with Crippen LogP contribution in [0.15, 0.2) is 78.9 Å². The highest BCUT2D eigenvalue weighted by Crippen LogP contribution is 2.39. The van der Waals surface area contributed by atoms with Gasteiger partial charge < -0.3 is 0 Å². The molecule has 0 unspecified atom stereocenters. The van der Waals surface area contributed by atoms with Gasteiger partial charge >= 0.3 is 0 Å². The zero-order valence-electron chi connectivity index (χ0n) is 15.8. The van der Waals surface area contributed by atoms with Crippen molar-refractivity contribution in [3.8, 4) is 21.7 Å². The summed E-state index contributed by atoms with van der Waals surface area (Å²) in [6, 6.07) is 26.0. The first-order chi connectivity index (χ1) is 13.6. The first-order valence-electron chi connectivity index (χ1n) is 9.11. The Morgan fingerprint density at radius 3 is 2.04 bits per heavy atom. The number of hydrogen-bond acceptors (Lipinski definition) is 3. The molecule has 138 valence electrons. The number of rotatable bonds is 4. The summed E-state index contributed by atoms with van der Waals surface area (Å²) in [6.45, 7) is 4.07. The monoisotopic (exact) mass is 384 g/mol. The molecule has 4 aromatic rings. The largest absolute Gasteiger partial charge is 0.298 e. The highest BCUT2D eigenvalue weighted by Gasteiger charge is 2.17. The molecular weight excluding hydrogens is 364 g/mol. The van der Waals surface area contributed by atoms with Crippen LogP contribution < -0.4 is 5.32 Å². The van der Waals surface area contributed by atoms with Crippen LogP contribution >= 0.6 is 11.3 Å². The van der Waals surface area contributed by atoms with Crippen LogP contribution in [0.25, 0.3) is 21.7 Å². The number of aromatic nitrogens is 1. The number of nitrogens with one attached hydrogen (secondary N) is 1. The lowest BCUT2D eigenvalue weighted by atomic mass is 10.1. The minimum atomic E-state index is -0.149. The van der Waals surface area contributed by atoms with E-state index in [1.165, 1.54) is 16.9 Å². The summed E-state index contributed by atoms with van der Waals surface area (Å²) in [7, 11) is 0. The molecule has 28 heavy (non-hydrogen) atoms. The summed E-state index contributed by atoms with van der Waals surface area (Å²) in [6.07, 6.45) is 0. The summed E-state index contributed by atoms with van der Waals surface area (Å²) < 4.78 is 0. The van der Waals surface area contributed by atoms with E-state index in [9.17, 15) is 4.79 Å². The van der Waals surface area contributed by atoms with Crippen LogP contribution in [-0.2, 0) is 0 Å². The second-order valence-electron chi connectivity index (χ2n) is 6.75. The second-order valence-corrected chi connectivity index (χ2v) is 7.75. The van der Waals surface area contributed by atoms with Crippen molar-refractivity contribution in [2.45, 2.75) is 13.8 Å². The Morgan fingerprint density at radius 1 is 0.786 bits per heavy atom. The van der Waals surface area contributed by atoms with Gasteiger partial charge in [-0.15, -0.1) is 0 Å². The van der Waals surface area contributed by atoms with Gasteiger partial charge in [-0.25, -0.2) is 4.98 Å². The third kappa shape index (κ3) is 3.87. The van der Waals surface area contributed by atoms with Gasteiger partial charge in [0.2, 0.25) is 0 Å². The molecule has 4 rings (SSSR count). The molecule has 1 amide bonds. The maximum Gasteiger partial charge on any atom is 0.257 e. The molecule has 0 aliphatic carbocycles. The smallest absolute Gasteiger partial charge is 0.257 e. The lowest BCUT2D eigenvalue weighted by molar-refractivity contribution is 0.102. The molecule has 0 aliphatic heterocycles. The van der Waals surface area contributed by atoms with E-state index >= 15 is 0 Å². The average Bonchev–Trinajstić information content (AvgIpc) is 3.13. The third-order valence-electron chi connectivity index (χ3n) is 4.52. The van der Waals surface area contributed by atoms with Crippen molar-refractivity contribution in [3.63, 3.8) is 0 Å². The minimum absolute atomic E-state index is 0.149. The SMILES string of the molecule is Cc1ccc(C(=O)Nc2nc(-c3ccccc3)c(-c3ccc(C)cc3)s2)cc1. The average molecular weight is 385 g/mol. The Kier molecular flexibility index (Phi) is 5.04. The molecule has 1 N–H and O–H groups in total. The van der Waals surface area contributed by atoms with Gasteiger partial charge in [-0.2, -0.15) is 0 Å². The molecule has 3 nitrogen and oxygen atoms in total. The number of nitrogens with zero attached hydrogens (tertiary/aromatic N) is 1. The van der Waals surface area contributed by atoms with Crippen molar-refractivity contribution >= 4 is 22.4 Å². The Hall–Kier alpha value is -3.24. The number of benzene rings is 3. The van der Waals surface area contributed by atoms with Crippen LogP contribution in [0.1, 0.15) is 21.5 Å². The van der Waals surface area contributed by atoms with Crippen molar-refractivity contribution in [1.82, 2.24) is 4.98 Å². The van der Waals surface area contributed by atoms with Crippen molar-refractivity contribution in [2.75, 3.05) is 5.32 Å². The van der Waals surface area contributed by atoms with Gasteiger partial charge in [0.15, 0.2) is 5.13 Å². The maximum atomic E-state index is 12.6. The zero-order chi connectivity index (χ0) is 19.5. The van der Waals surface area contributed by atoms with Gasteiger partial charge in [0.05, 0.1) is 10.6 Å².